The highest BCUT2D eigenvalue weighted by Gasteiger charge is 2.14. The number of hydrogen-bond acceptors (Lipinski definition) is 2. The summed E-state index contributed by atoms with van der Waals surface area (Å²) >= 11 is 0. The third kappa shape index (κ3) is 6.13. The Kier molecular flexibility index (Phi) is 7.79. The van der Waals surface area contributed by atoms with Crippen molar-refractivity contribution in [3.05, 3.63) is 48.0 Å². The minimum absolute atomic E-state index is 0.0917. The van der Waals surface area contributed by atoms with Crippen LogP contribution in [0, 0.1) is 0 Å². The van der Waals surface area contributed by atoms with Crippen LogP contribution in [0.15, 0.2) is 42.5 Å². The zero-order valence-corrected chi connectivity index (χ0v) is 15.4. The number of hydrogen-bond donors (Lipinski definition) is 0. The van der Waals surface area contributed by atoms with E-state index < -0.39 is 0 Å². The van der Waals surface area contributed by atoms with E-state index in [1.807, 2.05) is 0 Å². The molecule has 2 nitrogen and oxygen atoms in total. The van der Waals surface area contributed by atoms with Gasteiger partial charge in [-0.2, -0.15) is 0 Å². The van der Waals surface area contributed by atoms with Gasteiger partial charge in [-0.3, -0.25) is 0 Å². The first kappa shape index (κ1) is 18.4. The van der Waals surface area contributed by atoms with Crippen molar-refractivity contribution in [2.24, 2.45) is 0 Å². The van der Waals surface area contributed by atoms with Crippen molar-refractivity contribution in [2.45, 2.75) is 70.5 Å². The van der Waals surface area contributed by atoms with Crippen molar-refractivity contribution < 1.29 is 9.47 Å². The van der Waals surface area contributed by atoms with E-state index in [1.54, 1.807) is 0 Å². The lowest BCUT2D eigenvalue weighted by Gasteiger charge is -2.08. The summed E-state index contributed by atoms with van der Waals surface area (Å²) in [4.78, 5) is 0. The standard InChI is InChI=1S/C23H32O2/c1(2-4-6-8-17-23-24-18-19-25-23)3-5-7-12-20-14-11-15-21-13-9-10-16-22(20)21/h9-11,13-16,23H,1-8,12,17-19H2. The SMILES string of the molecule is c1ccc2c(CCCCCCCCCCC3OCCO3)cccc2c1. The van der Waals surface area contributed by atoms with E-state index in [0.717, 1.165) is 19.6 Å². The monoisotopic (exact) mass is 340 g/mol. The first-order valence-electron chi connectivity index (χ1n) is 10.1. The molecule has 2 aromatic rings. The molecule has 2 aromatic carbocycles. The number of unbranched alkanes of at least 4 members (excludes halogenated alkanes) is 7. The van der Waals surface area contributed by atoms with Gasteiger partial charge in [-0.05, 0) is 42.0 Å². The molecule has 3 rings (SSSR count). The Morgan fingerprint density at radius 1 is 0.680 bits per heavy atom. The van der Waals surface area contributed by atoms with Crippen molar-refractivity contribution >= 4 is 10.8 Å². The average Bonchev–Trinajstić information content (AvgIpc) is 3.17. The maximum absolute atomic E-state index is 5.47. The molecule has 0 aromatic heterocycles. The number of benzene rings is 2. The minimum atomic E-state index is 0.0917. The van der Waals surface area contributed by atoms with Crippen molar-refractivity contribution in [1.29, 1.82) is 0 Å². The van der Waals surface area contributed by atoms with Gasteiger partial charge in [-0.25, -0.2) is 0 Å². The van der Waals surface area contributed by atoms with Crippen LogP contribution in [0.25, 0.3) is 10.8 Å². The van der Waals surface area contributed by atoms with E-state index >= 15 is 0 Å². The highest BCUT2D eigenvalue weighted by atomic mass is 16.7. The third-order valence-electron chi connectivity index (χ3n) is 5.21. The van der Waals surface area contributed by atoms with Gasteiger partial charge in [0.15, 0.2) is 6.29 Å². The zero-order valence-electron chi connectivity index (χ0n) is 15.4. The second kappa shape index (κ2) is 10.6. The Bertz CT molecular complexity index is 611. The molecule has 2 heteroatoms. The first-order chi connectivity index (χ1) is 12.4. The number of aryl methyl sites for hydroxylation is 1. The van der Waals surface area contributed by atoms with Crippen molar-refractivity contribution in [3.8, 4) is 0 Å². The average molecular weight is 341 g/mol. The molecule has 1 fully saturated rings. The Morgan fingerprint density at radius 3 is 2.12 bits per heavy atom. The van der Waals surface area contributed by atoms with Crippen LogP contribution >= 0.6 is 0 Å². The number of ether oxygens (including phenoxy) is 2. The van der Waals surface area contributed by atoms with E-state index in [-0.39, 0.29) is 6.29 Å². The number of fused-ring (bicyclic) bond motifs is 1. The zero-order chi connectivity index (χ0) is 17.2. The molecule has 0 N–H and O–H groups in total. The normalized spacial score (nSPS) is 15.2. The smallest absolute Gasteiger partial charge is 0.157 e. The van der Waals surface area contributed by atoms with Gasteiger partial charge in [0, 0.05) is 0 Å². The van der Waals surface area contributed by atoms with Gasteiger partial charge in [0.05, 0.1) is 13.2 Å². The van der Waals surface area contributed by atoms with Gasteiger partial charge in [0.2, 0.25) is 0 Å². The molecule has 0 atom stereocenters. The fourth-order valence-corrected chi connectivity index (χ4v) is 3.77. The van der Waals surface area contributed by atoms with Crippen LogP contribution in [0.1, 0.15) is 63.4 Å². The Labute approximate surface area is 152 Å². The van der Waals surface area contributed by atoms with E-state index in [4.69, 9.17) is 9.47 Å². The molecule has 0 bridgehead atoms. The first-order valence-corrected chi connectivity index (χ1v) is 10.1. The summed E-state index contributed by atoms with van der Waals surface area (Å²) in [6.07, 6.45) is 13.1. The van der Waals surface area contributed by atoms with Gasteiger partial charge in [0.1, 0.15) is 0 Å². The lowest BCUT2D eigenvalue weighted by Crippen LogP contribution is -2.06. The number of rotatable bonds is 11. The molecule has 136 valence electrons. The highest BCUT2D eigenvalue weighted by molar-refractivity contribution is 5.85. The summed E-state index contributed by atoms with van der Waals surface area (Å²) in [5, 5.41) is 2.80. The van der Waals surface area contributed by atoms with Crippen molar-refractivity contribution in [1.82, 2.24) is 0 Å². The molecule has 0 radical (unpaired) electrons. The maximum Gasteiger partial charge on any atom is 0.157 e. The van der Waals surface area contributed by atoms with Gasteiger partial charge < -0.3 is 9.47 Å². The van der Waals surface area contributed by atoms with E-state index in [9.17, 15) is 0 Å². The molecular weight excluding hydrogens is 308 g/mol. The lowest BCUT2D eigenvalue weighted by molar-refractivity contribution is -0.0480. The van der Waals surface area contributed by atoms with E-state index in [0.29, 0.717) is 0 Å². The van der Waals surface area contributed by atoms with Crippen LogP contribution in [-0.2, 0) is 15.9 Å². The van der Waals surface area contributed by atoms with Crippen molar-refractivity contribution in [3.63, 3.8) is 0 Å². The van der Waals surface area contributed by atoms with E-state index in [2.05, 4.69) is 42.5 Å². The molecular formula is C23H32O2. The quantitative estimate of drug-likeness (QED) is 0.449. The van der Waals surface area contributed by atoms with Crippen LogP contribution < -0.4 is 0 Å². The molecule has 1 aliphatic heterocycles. The molecule has 1 aliphatic rings. The van der Waals surface area contributed by atoms with Gasteiger partial charge in [-0.15, -0.1) is 0 Å². The van der Waals surface area contributed by atoms with E-state index in [1.165, 1.54) is 74.1 Å². The highest BCUT2D eigenvalue weighted by Crippen LogP contribution is 2.21. The fraction of sp³-hybridized carbons (Fsp3) is 0.565. The molecule has 25 heavy (non-hydrogen) atoms. The van der Waals surface area contributed by atoms with Crippen LogP contribution in [-0.4, -0.2) is 19.5 Å². The summed E-state index contributed by atoms with van der Waals surface area (Å²) in [6.45, 7) is 1.56. The maximum atomic E-state index is 5.47. The van der Waals surface area contributed by atoms with Crippen LogP contribution in [0.4, 0.5) is 0 Å². The minimum Gasteiger partial charge on any atom is -0.350 e. The van der Waals surface area contributed by atoms with Gasteiger partial charge >= 0.3 is 0 Å². The van der Waals surface area contributed by atoms with Crippen LogP contribution in [0.2, 0.25) is 0 Å². The summed E-state index contributed by atoms with van der Waals surface area (Å²) in [5.41, 5.74) is 1.51. The summed E-state index contributed by atoms with van der Waals surface area (Å²) in [6, 6.07) is 15.4. The van der Waals surface area contributed by atoms with Crippen molar-refractivity contribution in [2.75, 3.05) is 13.2 Å². The summed E-state index contributed by atoms with van der Waals surface area (Å²) in [7, 11) is 0. The van der Waals surface area contributed by atoms with Gasteiger partial charge in [0.25, 0.3) is 0 Å². The largest absolute Gasteiger partial charge is 0.350 e. The van der Waals surface area contributed by atoms with Gasteiger partial charge in [-0.1, -0.05) is 81.0 Å². The lowest BCUT2D eigenvalue weighted by atomic mass is 9.99. The van der Waals surface area contributed by atoms with Crippen LogP contribution in [0.5, 0.6) is 0 Å². The fourth-order valence-electron chi connectivity index (χ4n) is 3.77. The molecule has 0 aliphatic carbocycles. The predicted octanol–water partition coefficient (Wildman–Crippen LogP) is 6.27. The molecule has 0 amide bonds. The molecule has 0 spiro atoms. The predicted molar refractivity (Wildman–Crippen MR) is 105 cm³/mol. The molecule has 1 heterocycles. The Hall–Kier alpha value is -1.38. The second-order valence-electron chi connectivity index (χ2n) is 7.18. The Morgan fingerprint density at radius 2 is 1.32 bits per heavy atom. The molecule has 0 unspecified atom stereocenters. The summed E-state index contributed by atoms with van der Waals surface area (Å²) < 4.78 is 10.9. The molecule has 1 saturated heterocycles. The molecule has 0 saturated carbocycles. The third-order valence-corrected chi connectivity index (χ3v) is 5.21. The topological polar surface area (TPSA) is 18.5 Å². The summed E-state index contributed by atoms with van der Waals surface area (Å²) in [5.74, 6) is 0. The second-order valence-corrected chi connectivity index (χ2v) is 7.18. The van der Waals surface area contributed by atoms with Crippen LogP contribution in [0.3, 0.4) is 0 Å². The Balaban J connectivity index is 1.21.